The lowest BCUT2D eigenvalue weighted by Gasteiger charge is -2.37. The van der Waals surface area contributed by atoms with Crippen LogP contribution in [-0.2, 0) is 16.6 Å². The topological polar surface area (TPSA) is 82.2 Å². The highest BCUT2D eigenvalue weighted by atomic mass is 32.2. The molecule has 0 saturated carbocycles. The fourth-order valence-electron chi connectivity index (χ4n) is 4.56. The number of piperazine rings is 1. The minimum atomic E-state index is -3.82. The molecule has 2 aliphatic heterocycles. The number of hydrogen-bond donors (Lipinski definition) is 1. The van der Waals surface area contributed by atoms with E-state index in [1.807, 2.05) is 30.3 Å². The maximum Gasteiger partial charge on any atom is 0.259 e. The Morgan fingerprint density at radius 3 is 2.36 bits per heavy atom. The Bertz CT molecular complexity index is 1370. The van der Waals surface area contributed by atoms with E-state index in [1.165, 1.54) is 15.9 Å². The number of fused-ring (bicyclic) bond motifs is 2. The molecule has 0 radical (unpaired) electrons. The van der Waals surface area contributed by atoms with Crippen LogP contribution < -0.4 is 15.0 Å². The minimum absolute atomic E-state index is 0.117. The van der Waals surface area contributed by atoms with Gasteiger partial charge in [-0.15, -0.1) is 0 Å². The molecule has 0 aliphatic carbocycles. The SMILES string of the molecule is CCN(C)S(=O)(=O)c1cc2c(cc1N1CCN(Cc3ccccc3)CC1)Oc1ccccc1NC2=O. The summed E-state index contributed by atoms with van der Waals surface area (Å²) in [5.41, 5.74) is 2.55. The van der Waals surface area contributed by atoms with Gasteiger partial charge in [0.1, 0.15) is 10.6 Å². The van der Waals surface area contributed by atoms with Crippen LogP contribution in [0.3, 0.4) is 0 Å². The van der Waals surface area contributed by atoms with Crippen LogP contribution in [0.15, 0.2) is 71.6 Å². The van der Waals surface area contributed by atoms with Gasteiger partial charge in [0.15, 0.2) is 5.75 Å². The van der Waals surface area contributed by atoms with E-state index in [9.17, 15) is 13.2 Å². The van der Waals surface area contributed by atoms with Crippen molar-refractivity contribution in [1.29, 1.82) is 0 Å². The zero-order valence-electron chi connectivity index (χ0n) is 20.5. The number of anilines is 2. The molecule has 0 unspecified atom stereocenters. The van der Waals surface area contributed by atoms with Gasteiger partial charge in [-0.2, -0.15) is 0 Å². The lowest BCUT2D eigenvalue weighted by Crippen LogP contribution is -2.46. The van der Waals surface area contributed by atoms with Crippen molar-refractivity contribution >= 4 is 27.3 Å². The average molecular weight is 507 g/mol. The smallest absolute Gasteiger partial charge is 0.259 e. The molecule has 9 heteroatoms. The maximum atomic E-state index is 13.5. The summed E-state index contributed by atoms with van der Waals surface area (Å²) in [6.07, 6.45) is 0. The summed E-state index contributed by atoms with van der Waals surface area (Å²) in [6, 6.07) is 20.7. The van der Waals surface area contributed by atoms with Gasteiger partial charge in [-0.1, -0.05) is 49.4 Å². The molecule has 0 spiro atoms. The van der Waals surface area contributed by atoms with E-state index in [0.717, 1.165) is 19.6 Å². The van der Waals surface area contributed by atoms with E-state index < -0.39 is 15.9 Å². The molecule has 0 bridgehead atoms. The molecule has 0 aromatic heterocycles. The van der Waals surface area contributed by atoms with Gasteiger partial charge >= 0.3 is 0 Å². The summed E-state index contributed by atoms with van der Waals surface area (Å²) in [7, 11) is -2.27. The Balaban J connectivity index is 1.50. The Labute approximate surface area is 212 Å². The van der Waals surface area contributed by atoms with Gasteiger partial charge in [-0.25, -0.2) is 12.7 Å². The second-order valence-electron chi connectivity index (χ2n) is 9.04. The highest BCUT2D eigenvalue weighted by Crippen LogP contribution is 2.41. The van der Waals surface area contributed by atoms with Gasteiger partial charge < -0.3 is 15.0 Å². The summed E-state index contributed by atoms with van der Waals surface area (Å²) in [5.74, 6) is 0.464. The van der Waals surface area contributed by atoms with E-state index in [0.29, 0.717) is 42.5 Å². The van der Waals surface area contributed by atoms with E-state index in [-0.39, 0.29) is 10.5 Å². The number of nitrogens with one attached hydrogen (secondary N) is 1. The summed E-state index contributed by atoms with van der Waals surface area (Å²) in [4.78, 5) is 17.6. The lowest BCUT2D eigenvalue weighted by molar-refractivity contribution is 0.102. The van der Waals surface area contributed by atoms with Gasteiger partial charge in [0.25, 0.3) is 5.91 Å². The van der Waals surface area contributed by atoms with Crippen molar-refractivity contribution in [2.75, 3.05) is 50.0 Å². The third-order valence-corrected chi connectivity index (χ3v) is 8.72. The van der Waals surface area contributed by atoms with Gasteiger partial charge in [0.05, 0.1) is 16.9 Å². The number of sulfonamides is 1. The first-order chi connectivity index (χ1) is 17.4. The number of nitrogens with zero attached hydrogens (tertiary/aromatic N) is 3. The Morgan fingerprint density at radius 1 is 0.944 bits per heavy atom. The van der Waals surface area contributed by atoms with Crippen LogP contribution in [0.2, 0.25) is 0 Å². The molecule has 8 nitrogen and oxygen atoms in total. The minimum Gasteiger partial charge on any atom is -0.454 e. The average Bonchev–Trinajstić information content (AvgIpc) is 3.03. The number of carbonyl (C=O) groups is 1. The first-order valence-electron chi connectivity index (χ1n) is 12.1. The molecule has 36 heavy (non-hydrogen) atoms. The first-order valence-corrected chi connectivity index (χ1v) is 13.5. The Morgan fingerprint density at radius 2 is 1.64 bits per heavy atom. The molecule has 1 fully saturated rings. The third-order valence-electron chi connectivity index (χ3n) is 6.76. The summed E-state index contributed by atoms with van der Waals surface area (Å²) in [5, 5.41) is 2.84. The molecular formula is C27H30N4O4S. The van der Waals surface area contributed by atoms with Crippen molar-refractivity contribution in [3.63, 3.8) is 0 Å². The van der Waals surface area contributed by atoms with Crippen LogP contribution in [0.4, 0.5) is 11.4 Å². The molecule has 2 heterocycles. The van der Waals surface area contributed by atoms with Crippen LogP contribution in [0.25, 0.3) is 0 Å². The zero-order chi connectivity index (χ0) is 25.3. The molecule has 1 N–H and O–H groups in total. The molecular weight excluding hydrogens is 476 g/mol. The van der Waals surface area contributed by atoms with Crippen molar-refractivity contribution in [3.8, 4) is 11.5 Å². The fraction of sp³-hybridized carbons (Fsp3) is 0.296. The van der Waals surface area contributed by atoms with E-state index in [2.05, 4.69) is 27.2 Å². The number of carbonyl (C=O) groups excluding carboxylic acids is 1. The van der Waals surface area contributed by atoms with Gasteiger partial charge in [0, 0.05) is 52.4 Å². The van der Waals surface area contributed by atoms with Gasteiger partial charge in [0.2, 0.25) is 10.0 Å². The second-order valence-corrected chi connectivity index (χ2v) is 11.0. The highest BCUT2D eigenvalue weighted by Gasteiger charge is 2.32. The standard InChI is InChI=1S/C27H30N4O4S/c1-3-29(2)36(33,34)26-17-21-25(35-24-12-8-7-11-22(24)28-27(21)32)18-23(26)31-15-13-30(14-16-31)19-20-9-5-4-6-10-20/h4-12,17-18H,3,13-16,19H2,1-2H3,(H,28,32). The Hall–Kier alpha value is -3.40. The monoisotopic (exact) mass is 506 g/mol. The number of rotatable bonds is 6. The summed E-state index contributed by atoms with van der Waals surface area (Å²) < 4.78 is 34.5. The molecule has 3 aromatic rings. The predicted molar refractivity (Wildman–Crippen MR) is 140 cm³/mol. The molecule has 0 atom stereocenters. The van der Waals surface area contributed by atoms with E-state index in [1.54, 1.807) is 32.2 Å². The maximum absolute atomic E-state index is 13.5. The van der Waals surface area contributed by atoms with Crippen molar-refractivity contribution in [1.82, 2.24) is 9.21 Å². The van der Waals surface area contributed by atoms with Gasteiger partial charge in [-0.05, 0) is 23.8 Å². The van der Waals surface area contributed by atoms with Gasteiger partial charge in [-0.3, -0.25) is 9.69 Å². The lowest BCUT2D eigenvalue weighted by atomic mass is 10.1. The largest absolute Gasteiger partial charge is 0.454 e. The molecule has 1 saturated heterocycles. The predicted octanol–water partition coefficient (Wildman–Crippen LogP) is 4.01. The fourth-order valence-corrected chi connectivity index (χ4v) is 5.95. The number of benzene rings is 3. The summed E-state index contributed by atoms with van der Waals surface area (Å²) in [6.45, 7) is 5.86. The quantitative estimate of drug-likeness (QED) is 0.544. The normalized spacial score (nSPS) is 16.1. The van der Waals surface area contributed by atoms with Crippen LogP contribution in [0, 0.1) is 0 Å². The highest BCUT2D eigenvalue weighted by molar-refractivity contribution is 7.89. The van der Waals surface area contributed by atoms with Crippen molar-refractivity contribution in [2.45, 2.75) is 18.4 Å². The van der Waals surface area contributed by atoms with Crippen molar-refractivity contribution in [3.05, 3.63) is 77.9 Å². The summed E-state index contributed by atoms with van der Waals surface area (Å²) >= 11 is 0. The molecule has 188 valence electrons. The van der Waals surface area contributed by atoms with E-state index in [4.69, 9.17) is 4.74 Å². The molecule has 1 amide bonds. The molecule has 3 aromatic carbocycles. The van der Waals surface area contributed by atoms with Crippen LogP contribution in [0.5, 0.6) is 11.5 Å². The van der Waals surface area contributed by atoms with Crippen LogP contribution in [-0.4, -0.2) is 63.3 Å². The Kier molecular flexibility index (Phi) is 6.70. The number of para-hydroxylation sites is 2. The van der Waals surface area contributed by atoms with Crippen molar-refractivity contribution < 1.29 is 17.9 Å². The second kappa shape index (κ2) is 9.93. The van der Waals surface area contributed by atoms with Crippen LogP contribution >= 0.6 is 0 Å². The van der Waals surface area contributed by atoms with Crippen molar-refractivity contribution in [2.24, 2.45) is 0 Å². The molecule has 5 rings (SSSR count). The zero-order valence-corrected chi connectivity index (χ0v) is 21.3. The first kappa shape index (κ1) is 24.3. The van der Waals surface area contributed by atoms with E-state index >= 15 is 0 Å². The molecule has 2 aliphatic rings. The third kappa shape index (κ3) is 4.69. The van der Waals surface area contributed by atoms with Crippen LogP contribution in [0.1, 0.15) is 22.8 Å². The number of amides is 1. The number of hydrogen-bond acceptors (Lipinski definition) is 6. The number of ether oxygens (including phenoxy) is 1.